The third-order valence-corrected chi connectivity index (χ3v) is 3.42. The molecule has 0 radical (unpaired) electrons. The number of hydrogen-bond acceptors (Lipinski definition) is 6. The first-order chi connectivity index (χ1) is 8.76. The second-order valence-corrected chi connectivity index (χ2v) is 4.45. The Balaban J connectivity index is 2.14. The molecule has 0 saturated carbocycles. The average molecular weight is 281 g/mol. The van der Waals surface area contributed by atoms with Crippen LogP contribution in [-0.2, 0) is 6.54 Å². The van der Waals surface area contributed by atoms with Gasteiger partial charge in [-0.2, -0.15) is 9.64 Å². The van der Waals surface area contributed by atoms with Gasteiger partial charge >= 0.3 is 0 Å². The van der Waals surface area contributed by atoms with E-state index in [1.165, 1.54) is 0 Å². The third-order valence-electron chi connectivity index (χ3n) is 2.24. The molecule has 0 fully saturated rings. The van der Waals surface area contributed by atoms with E-state index in [1.807, 2.05) is 18.2 Å². The van der Waals surface area contributed by atoms with Gasteiger partial charge in [0.1, 0.15) is 16.6 Å². The molecule has 0 unspecified atom stereocenters. The van der Waals surface area contributed by atoms with Crippen molar-refractivity contribution in [2.75, 3.05) is 12.4 Å². The molecule has 0 amide bonds. The van der Waals surface area contributed by atoms with Crippen LogP contribution in [0.4, 0.5) is 5.00 Å². The molecule has 0 aliphatic rings. The van der Waals surface area contributed by atoms with Gasteiger partial charge in [-0.25, -0.2) is 4.98 Å². The van der Waals surface area contributed by atoms with Crippen molar-refractivity contribution in [1.29, 1.82) is 5.26 Å². The Kier molecular flexibility index (Phi) is 3.97. The first-order valence-corrected chi connectivity index (χ1v) is 6.18. The largest absolute Gasteiger partial charge is 0.481 e. The van der Waals surface area contributed by atoms with E-state index in [-0.39, 0.29) is 5.15 Å². The van der Waals surface area contributed by atoms with Crippen molar-refractivity contribution in [2.24, 2.45) is 0 Å². The predicted octanol–water partition coefficient (Wildman–Crippen LogP) is 2.68. The second-order valence-electron chi connectivity index (χ2n) is 3.31. The number of nitriles is 1. The van der Waals surface area contributed by atoms with Gasteiger partial charge in [0.15, 0.2) is 5.15 Å². The van der Waals surface area contributed by atoms with E-state index < -0.39 is 0 Å². The number of halogens is 1. The highest BCUT2D eigenvalue weighted by molar-refractivity contribution is 7.10. The highest BCUT2D eigenvalue weighted by Gasteiger charge is 2.12. The van der Waals surface area contributed by atoms with Crippen LogP contribution in [0, 0.1) is 11.3 Å². The molecule has 1 N–H and O–H groups in total. The van der Waals surface area contributed by atoms with E-state index in [4.69, 9.17) is 21.6 Å². The summed E-state index contributed by atoms with van der Waals surface area (Å²) in [6, 6.07) is 5.74. The van der Waals surface area contributed by atoms with Gasteiger partial charge in [-0.15, -0.1) is 0 Å². The lowest BCUT2D eigenvalue weighted by molar-refractivity contribution is 0.393. The predicted molar refractivity (Wildman–Crippen MR) is 70.0 cm³/mol. The van der Waals surface area contributed by atoms with E-state index in [0.29, 0.717) is 23.0 Å². The molecule has 2 aromatic rings. The molecule has 0 atom stereocenters. The molecule has 0 saturated heterocycles. The lowest BCUT2D eigenvalue weighted by atomic mass is 10.2. The van der Waals surface area contributed by atoms with E-state index in [9.17, 15) is 0 Å². The Labute approximate surface area is 113 Å². The minimum Gasteiger partial charge on any atom is -0.481 e. The molecule has 0 bridgehead atoms. The number of methoxy groups -OCH3 is 1. The summed E-state index contributed by atoms with van der Waals surface area (Å²) in [6.45, 7) is 0.490. The number of aromatic nitrogens is 2. The minimum atomic E-state index is 0.225. The van der Waals surface area contributed by atoms with Crippen molar-refractivity contribution in [1.82, 2.24) is 9.36 Å². The summed E-state index contributed by atoms with van der Waals surface area (Å²) in [4.78, 5) is 4.09. The van der Waals surface area contributed by atoms with Crippen molar-refractivity contribution in [3.8, 4) is 11.9 Å². The van der Waals surface area contributed by atoms with E-state index in [1.54, 1.807) is 13.3 Å². The highest BCUT2D eigenvalue weighted by atomic mass is 35.5. The summed E-state index contributed by atoms with van der Waals surface area (Å²) in [5.41, 5.74) is 1.26. The van der Waals surface area contributed by atoms with Gasteiger partial charge in [0.2, 0.25) is 5.88 Å². The minimum absolute atomic E-state index is 0.225. The molecular weight excluding hydrogens is 272 g/mol. The average Bonchev–Trinajstić information content (AvgIpc) is 2.77. The maximum absolute atomic E-state index is 8.94. The summed E-state index contributed by atoms with van der Waals surface area (Å²) in [5, 5.41) is 12.9. The van der Waals surface area contributed by atoms with Crippen LogP contribution in [0.25, 0.3) is 0 Å². The Morgan fingerprint density at radius 3 is 3.17 bits per heavy atom. The van der Waals surface area contributed by atoms with Gasteiger partial charge in [0.25, 0.3) is 0 Å². The summed E-state index contributed by atoms with van der Waals surface area (Å²) >= 11 is 6.94. The molecule has 0 aliphatic carbocycles. The van der Waals surface area contributed by atoms with E-state index in [0.717, 1.165) is 17.1 Å². The number of anilines is 1. The molecule has 2 aromatic heterocycles. The summed E-state index contributed by atoms with van der Waals surface area (Å²) in [6.07, 6.45) is 1.66. The third kappa shape index (κ3) is 2.53. The number of hydrogen-bond donors (Lipinski definition) is 1. The first kappa shape index (κ1) is 12.6. The van der Waals surface area contributed by atoms with Crippen LogP contribution in [0.1, 0.15) is 11.1 Å². The molecule has 2 heterocycles. The zero-order valence-electron chi connectivity index (χ0n) is 9.48. The monoisotopic (exact) mass is 280 g/mol. The number of nitrogens with zero attached hydrogens (tertiary/aromatic N) is 3. The number of ether oxygens (including phenoxy) is 1. The number of pyridine rings is 1. The Bertz CT molecular complexity index is 593. The van der Waals surface area contributed by atoms with E-state index in [2.05, 4.69) is 14.7 Å². The SMILES string of the molecule is COc1ncccc1CNc1snc(Cl)c1C#N. The van der Waals surface area contributed by atoms with Crippen LogP contribution in [0.5, 0.6) is 5.88 Å². The van der Waals surface area contributed by atoms with Gasteiger partial charge < -0.3 is 10.1 Å². The van der Waals surface area contributed by atoms with Crippen LogP contribution in [0.3, 0.4) is 0 Å². The lowest BCUT2D eigenvalue weighted by Crippen LogP contribution is -2.02. The van der Waals surface area contributed by atoms with Crippen molar-refractivity contribution in [2.45, 2.75) is 6.54 Å². The van der Waals surface area contributed by atoms with Crippen LogP contribution in [0.2, 0.25) is 5.15 Å². The standard InChI is InChI=1S/C11H9ClN4OS/c1-17-10-7(3-2-4-14-10)6-15-11-8(5-13)9(12)16-18-11/h2-4,15H,6H2,1H3. The first-order valence-electron chi connectivity index (χ1n) is 5.03. The van der Waals surface area contributed by atoms with Crippen LogP contribution in [0.15, 0.2) is 18.3 Å². The molecule has 2 rings (SSSR count). The molecule has 0 spiro atoms. The molecule has 7 heteroatoms. The quantitative estimate of drug-likeness (QED) is 0.932. The molecule has 0 aliphatic heterocycles. The summed E-state index contributed by atoms with van der Waals surface area (Å²) in [7, 11) is 1.57. The molecule has 0 aromatic carbocycles. The smallest absolute Gasteiger partial charge is 0.218 e. The van der Waals surface area contributed by atoms with Crippen LogP contribution in [-0.4, -0.2) is 16.5 Å². The molecule has 92 valence electrons. The van der Waals surface area contributed by atoms with Crippen molar-refractivity contribution >= 4 is 28.1 Å². The van der Waals surface area contributed by atoms with Crippen LogP contribution >= 0.6 is 23.1 Å². The Hall–Kier alpha value is -1.84. The number of rotatable bonds is 4. The lowest BCUT2D eigenvalue weighted by Gasteiger charge is -2.07. The Morgan fingerprint density at radius 2 is 2.44 bits per heavy atom. The molecule has 5 nitrogen and oxygen atoms in total. The van der Waals surface area contributed by atoms with Gasteiger partial charge in [-0.1, -0.05) is 17.7 Å². The summed E-state index contributed by atoms with van der Waals surface area (Å²) < 4.78 is 9.06. The van der Waals surface area contributed by atoms with Gasteiger partial charge in [-0.3, -0.25) is 0 Å². The van der Waals surface area contributed by atoms with Crippen molar-refractivity contribution in [3.63, 3.8) is 0 Å². The maximum atomic E-state index is 8.94. The normalized spacial score (nSPS) is 9.83. The second kappa shape index (κ2) is 5.67. The van der Waals surface area contributed by atoms with Gasteiger partial charge in [-0.05, 0) is 17.6 Å². The van der Waals surface area contributed by atoms with Gasteiger partial charge in [0.05, 0.1) is 7.11 Å². The number of nitrogens with one attached hydrogen (secondary N) is 1. The van der Waals surface area contributed by atoms with Crippen LogP contribution < -0.4 is 10.1 Å². The van der Waals surface area contributed by atoms with E-state index >= 15 is 0 Å². The van der Waals surface area contributed by atoms with Crippen molar-refractivity contribution in [3.05, 3.63) is 34.6 Å². The highest BCUT2D eigenvalue weighted by Crippen LogP contribution is 2.28. The fraction of sp³-hybridized carbons (Fsp3) is 0.182. The zero-order chi connectivity index (χ0) is 13.0. The van der Waals surface area contributed by atoms with Crippen molar-refractivity contribution < 1.29 is 4.74 Å². The molecule has 18 heavy (non-hydrogen) atoms. The topological polar surface area (TPSA) is 70.8 Å². The summed E-state index contributed by atoms with van der Waals surface area (Å²) in [5.74, 6) is 0.555. The maximum Gasteiger partial charge on any atom is 0.218 e. The Morgan fingerprint density at radius 1 is 1.61 bits per heavy atom. The molecular formula is C11H9ClN4OS. The van der Waals surface area contributed by atoms with Gasteiger partial charge in [0, 0.05) is 18.3 Å². The fourth-order valence-electron chi connectivity index (χ4n) is 1.41. The fourth-order valence-corrected chi connectivity index (χ4v) is 2.34. The zero-order valence-corrected chi connectivity index (χ0v) is 11.0.